The van der Waals surface area contributed by atoms with Gasteiger partial charge in [0.25, 0.3) is 5.91 Å². The number of fused-ring (bicyclic) bond motifs is 1. The van der Waals surface area contributed by atoms with Crippen LogP contribution in [0.5, 0.6) is 0 Å². The molecule has 0 bridgehead atoms. The lowest BCUT2D eigenvalue weighted by Crippen LogP contribution is -2.48. The van der Waals surface area contributed by atoms with Crippen LogP contribution in [0.3, 0.4) is 0 Å². The van der Waals surface area contributed by atoms with E-state index in [4.69, 9.17) is 0 Å². The van der Waals surface area contributed by atoms with E-state index in [1.807, 2.05) is 58.9 Å². The van der Waals surface area contributed by atoms with Crippen molar-refractivity contribution in [2.24, 2.45) is 4.99 Å². The van der Waals surface area contributed by atoms with Gasteiger partial charge in [-0.3, -0.25) is 13.8 Å². The van der Waals surface area contributed by atoms with Gasteiger partial charge in [0.2, 0.25) is 12.1 Å². The average Bonchev–Trinajstić information content (AvgIpc) is 3.08. The Balaban J connectivity index is 1.25. The van der Waals surface area contributed by atoms with Crippen molar-refractivity contribution in [1.29, 1.82) is 0 Å². The molecule has 2 atom stereocenters. The Kier molecular flexibility index (Phi) is 7.57. The van der Waals surface area contributed by atoms with Crippen LogP contribution in [0, 0.1) is 0 Å². The van der Waals surface area contributed by atoms with Gasteiger partial charge in [0.05, 0.1) is 17.9 Å². The maximum atomic E-state index is 13.0. The molecule has 0 saturated carbocycles. The lowest BCUT2D eigenvalue weighted by Gasteiger charge is -2.35. The van der Waals surface area contributed by atoms with Gasteiger partial charge in [-0.1, -0.05) is 48.5 Å². The van der Waals surface area contributed by atoms with E-state index in [1.165, 1.54) is 6.33 Å². The van der Waals surface area contributed by atoms with E-state index in [9.17, 15) is 13.8 Å². The van der Waals surface area contributed by atoms with Gasteiger partial charge in [0.1, 0.15) is 18.0 Å². The highest BCUT2D eigenvalue weighted by Crippen LogP contribution is 2.23. The van der Waals surface area contributed by atoms with Crippen molar-refractivity contribution in [3.63, 3.8) is 0 Å². The Bertz CT molecular complexity index is 1500. The van der Waals surface area contributed by atoms with Gasteiger partial charge in [-0.2, -0.15) is 0 Å². The van der Waals surface area contributed by atoms with Crippen LogP contribution in [-0.2, 0) is 19.3 Å². The van der Waals surface area contributed by atoms with Gasteiger partial charge in [-0.25, -0.2) is 19.3 Å². The quantitative estimate of drug-likeness (QED) is 0.380. The first-order valence-corrected chi connectivity index (χ1v) is 14.6. The fourth-order valence-corrected chi connectivity index (χ4v) is 5.41. The molecule has 1 fully saturated rings. The summed E-state index contributed by atoms with van der Waals surface area (Å²) in [6, 6.07) is 18.7. The monoisotopic (exact) mass is 546 g/mol. The number of nitrogens with zero attached hydrogens (tertiary/aromatic N) is 5. The van der Waals surface area contributed by atoms with Crippen LogP contribution in [0.15, 0.2) is 72.0 Å². The minimum Gasteiger partial charge on any atom is -0.361 e. The number of aromatic nitrogens is 2. The first-order chi connectivity index (χ1) is 18.8. The van der Waals surface area contributed by atoms with E-state index in [0.29, 0.717) is 49.2 Å². The normalized spacial score (nSPS) is 19.1. The molecule has 11 nitrogen and oxygen atoms in total. The number of carbonyl (C=O) groups is 2. The smallest absolute Gasteiger partial charge is 0.269 e. The average molecular weight is 547 g/mol. The number of nitrogens with one attached hydrogen (secondary N) is 3. The number of carbonyl (C=O) groups excluding carboxylic acids is 2. The van der Waals surface area contributed by atoms with Crippen molar-refractivity contribution < 1.29 is 13.8 Å². The van der Waals surface area contributed by atoms with Crippen molar-refractivity contribution in [2.75, 3.05) is 54.5 Å². The third kappa shape index (κ3) is 6.24. The summed E-state index contributed by atoms with van der Waals surface area (Å²) in [5, 5.41) is 8.58. The molecule has 5 rings (SSSR count). The van der Waals surface area contributed by atoms with Crippen molar-refractivity contribution in [3.05, 3.63) is 78.1 Å². The number of amides is 2. The van der Waals surface area contributed by atoms with Gasteiger partial charge >= 0.3 is 0 Å². The molecule has 2 aliphatic rings. The number of benzene rings is 2. The molecule has 2 aliphatic heterocycles. The minimum absolute atomic E-state index is 0.115. The summed E-state index contributed by atoms with van der Waals surface area (Å²) >= 11 is 0. The fourth-order valence-electron chi connectivity index (χ4n) is 4.48. The fraction of sp³-hybridized carbons (Fsp3) is 0.259. The summed E-state index contributed by atoms with van der Waals surface area (Å²) < 4.78 is 14.1. The molecule has 2 amide bonds. The molecule has 1 saturated heterocycles. The maximum Gasteiger partial charge on any atom is 0.269 e. The van der Waals surface area contributed by atoms with Crippen LogP contribution >= 0.6 is 0 Å². The molecular formula is C27H30N8O3S. The van der Waals surface area contributed by atoms with Gasteiger partial charge in [-0.15, -0.1) is 0 Å². The molecule has 12 heteroatoms. The van der Waals surface area contributed by atoms with E-state index < -0.39 is 27.7 Å². The second-order valence-corrected chi connectivity index (χ2v) is 11.8. The number of anilines is 3. The molecule has 3 aromatic rings. The number of hydrogen-bond acceptors (Lipinski definition) is 8. The van der Waals surface area contributed by atoms with Crippen LogP contribution in [0.25, 0.3) is 0 Å². The number of para-hydroxylation sites is 1. The Morgan fingerprint density at radius 1 is 1.08 bits per heavy atom. The molecule has 39 heavy (non-hydrogen) atoms. The summed E-state index contributed by atoms with van der Waals surface area (Å²) in [7, 11) is -2.23. The molecule has 0 spiro atoms. The van der Waals surface area contributed by atoms with Gasteiger partial charge < -0.3 is 20.9 Å². The van der Waals surface area contributed by atoms with E-state index in [1.54, 1.807) is 12.3 Å². The van der Waals surface area contributed by atoms with E-state index in [-0.39, 0.29) is 6.54 Å². The summed E-state index contributed by atoms with van der Waals surface area (Å²) in [6.07, 6.45) is 1.96. The molecule has 0 aliphatic carbocycles. The number of rotatable bonds is 7. The largest absolute Gasteiger partial charge is 0.361 e. The van der Waals surface area contributed by atoms with Gasteiger partial charge in [0, 0.05) is 59.3 Å². The van der Waals surface area contributed by atoms with Gasteiger partial charge in [0.15, 0.2) is 0 Å². The standard InChI is InChI=1S/C27H30N8O3S/c1-39(2,38)35-14-12-34(13-15-35)23-16-22(29-18-30-23)28-17-24(36)32-26-27(37)31-21-11-7-6-10-20(21)25(33-26)19-8-4-3-5-9-19/h3-11,16,18,26H,1,12-15,17H2,2H3,(H,31,37)(H,32,36)(H,28,29,30)/t26-,39?/m0/s1. The van der Waals surface area contributed by atoms with Crippen LogP contribution in [0.2, 0.25) is 0 Å². The van der Waals surface area contributed by atoms with Gasteiger partial charge in [-0.05, 0) is 11.9 Å². The SMILES string of the molecule is C=S(C)(=O)N1CCN(c2cc(NCC(=O)N[C@H]3N=C(c4ccccc4)c4ccccc4NC3=O)ncn2)CC1. The lowest BCUT2D eigenvalue weighted by molar-refractivity contribution is -0.125. The molecule has 2 aromatic carbocycles. The molecule has 1 unspecified atom stereocenters. The zero-order valence-corrected chi connectivity index (χ0v) is 22.4. The Morgan fingerprint density at radius 3 is 2.54 bits per heavy atom. The van der Waals surface area contributed by atoms with E-state index in [2.05, 4.69) is 41.7 Å². The summed E-state index contributed by atoms with van der Waals surface area (Å²) in [5.41, 5.74) is 2.86. The third-order valence-electron chi connectivity index (χ3n) is 6.48. The van der Waals surface area contributed by atoms with E-state index >= 15 is 0 Å². The Hall–Kier alpha value is -4.29. The van der Waals surface area contributed by atoms with Crippen molar-refractivity contribution in [3.8, 4) is 0 Å². The first kappa shape index (κ1) is 26.3. The van der Waals surface area contributed by atoms with Crippen LogP contribution in [0.4, 0.5) is 17.3 Å². The Labute approximate surface area is 227 Å². The second-order valence-electron chi connectivity index (χ2n) is 9.34. The summed E-state index contributed by atoms with van der Waals surface area (Å²) in [4.78, 5) is 41.1. The summed E-state index contributed by atoms with van der Waals surface area (Å²) in [5.74, 6) is 4.09. The molecule has 3 heterocycles. The molecule has 0 radical (unpaired) electrons. The maximum absolute atomic E-state index is 13.0. The Morgan fingerprint density at radius 2 is 1.79 bits per heavy atom. The predicted octanol–water partition coefficient (Wildman–Crippen LogP) is 1.20. The first-order valence-electron chi connectivity index (χ1n) is 12.5. The zero-order valence-electron chi connectivity index (χ0n) is 21.5. The third-order valence-corrected chi connectivity index (χ3v) is 7.94. The highest BCUT2D eigenvalue weighted by molar-refractivity contribution is 7.97. The minimum atomic E-state index is -2.23. The topological polar surface area (TPSA) is 132 Å². The van der Waals surface area contributed by atoms with Crippen LogP contribution in [0.1, 0.15) is 11.1 Å². The number of benzodiazepines with no additional fused rings is 1. The summed E-state index contributed by atoms with van der Waals surface area (Å²) in [6.45, 7) is 2.42. The molecular weight excluding hydrogens is 516 g/mol. The number of aliphatic imine (C=N–C) groups is 1. The lowest BCUT2D eigenvalue weighted by atomic mass is 10.0. The highest BCUT2D eigenvalue weighted by Gasteiger charge is 2.27. The predicted molar refractivity (Wildman–Crippen MR) is 155 cm³/mol. The number of hydrogen-bond donors (Lipinski definition) is 3. The van der Waals surface area contributed by atoms with Crippen LogP contribution in [-0.4, -0.2) is 87.0 Å². The van der Waals surface area contributed by atoms with Crippen molar-refractivity contribution in [2.45, 2.75) is 6.17 Å². The highest BCUT2D eigenvalue weighted by atomic mass is 32.2. The van der Waals surface area contributed by atoms with Crippen molar-refractivity contribution in [1.82, 2.24) is 19.6 Å². The van der Waals surface area contributed by atoms with E-state index in [0.717, 1.165) is 11.1 Å². The van der Waals surface area contributed by atoms with Crippen molar-refractivity contribution >= 4 is 50.4 Å². The molecule has 3 N–H and O–H groups in total. The number of piperazine rings is 1. The van der Waals surface area contributed by atoms with Crippen LogP contribution < -0.4 is 20.9 Å². The second kappa shape index (κ2) is 11.2. The zero-order chi connectivity index (χ0) is 27.4. The molecule has 202 valence electrons. The molecule has 1 aromatic heterocycles.